The summed E-state index contributed by atoms with van der Waals surface area (Å²) in [6, 6.07) is 0. The number of aliphatic hydroxyl groups is 1. The Morgan fingerprint density at radius 2 is 1.57 bits per heavy atom. The van der Waals surface area contributed by atoms with Gasteiger partial charge in [0.25, 0.3) is 0 Å². The number of hydrogen-bond acceptors (Lipinski definition) is 2. The van der Waals surface area contributed by atoms with Gasteiger partial charge >= 0.3 is 5.97 Å². The van der Waals surface area contributed by atoms with E-state index in [1.54, 1.807) is 0 Å². The van der Waals surface area contributed by atoms with Gasteiger partial charge in [0, 0.05) is 6.42 Å². The molecule has 0 saturated carbocycles. The average molecular weight is 325 g/mol. The van der Waals surface area contributed by atoms with Gasteiger partial charge in [0.1, 0.15) is 0 Å². The zero-order chi connectivity index (χ0) is 17.2. The first-order valence-electron chi connectivity index (χ1n) is 9.40. The van der Waals surface area contributed by atoms with Crippen molar-refractivity contribution in [3.8, 4) is 0 Å². The third-order valence-electron chi connectivity index (χ3n) is 3.95. The molecule has 3 nitrogen and oxygen atoms in total. The standard InChI is InChI=1S/C20H36O3/c1-2-3-4-5-7-10-13-16-19(21)17-14-11-8-6-9-12-15-18-20(22)23/h7,10,13,16,19,21H,2-6,8-9,11-12,14-15,17-18H2,1H3,(H,22,23)/b10-7+,16-13-/t19-/m1/s1. The number of hydrogen-bond donors (Lipinski definition) is 2. The first-order valence-corrected chi connectivity index (χ1v) is 9.40. The maximum absolute atomic E-state index is 10.4. The van der Waals surface area contributed by atoms with E-state index in [9.17, 15) is 9.90 Å². The smallest absolute Gasteiger partial charge is 0.303 e. The molecule has 0 spiro atoms. The Bertz CT molecular complexity index is 321. The molecule has 0 aromatic rings. The van der Waals surface area contributed by atoms with Crippen molar-refractivity contribution in [3.63, 3.8) is 0 Å². The predicted molar refractivity (Wildman–Crippen MR) is 97.6 cm³/mol. The Hall–Kier alpha value is -1.09. The second-order valence-electron chi connectivity index (χ2n) is 6.28. The van der Waals surface area contributed by atoms with Gasteiger partial charge in [-0.2, -0.15) is 0 Å². The van der Waals surface area contributed by atoms with E-state index < -0.39 is 5.97 Å². The fourth-order valence-electron chi connectivity index (χ4n) is 2.49. The number of aliphatic carboxylic acids is 1. The molecule has 23 heavy (non-hydrogen) atoms. The SMILES string of the molecule is CCCCC/C=C/C=C\[C@@H](O)CCCCCCCCCC(=O)O. The lowest BCUT2D eigenvalue weighted by Gasteiger charge is -2.05. The number of unbranched alkanes of at least 4 members (excludes halogenated alkanes) is 9. The van der Waals surface area contributed by atoms with E-state index >= 15 is 0 Å². The van der Waals surface area contributed by atoms with Crippen molar-refractivity contribution in [1.29, 1.82) is 0 Å². The van der Waals surface area contributed by atoms with Gasteiger partial charge in [0.05, 0.1) is 6.10 Å². The first-order chi connectivity index (χ1) is 11.2. The van der Waals surface area contributed by atoms with Crippen LogP contribution in [0, 0.1) is 0 Å². The van der Waals surface area contributed by atoms with Crippen LogP contribution < -0.4 is 0 Å². The molecule has 0 aromatic carbocycles. The van der Waals surface area contributed by atoms with Gasteiger partial charge < -0.3 is 10.2 Å². The number of aliphatic hydroxyl groups excluding tert-OH is 1. The minimum Gasteiger partial charge on any atom is -0.481 e. The van der Waals surface area contributed by atoms with Crippen LogP contribution >= 0.6 is 0 Å². The van der Waals surface area contributed by atoms with E-state index in [0.717, 1.165) is 44.9 Å². The molecule has 1 atom stereocenters. The molecule has 0 aliphatic heterocycles. The number of rotatable bonds is 16. The molecule has 0 fully saturated rings. The van der Waals surface area contributed by atoms with Crippen molar-refractivity contribution < 1.29 is 15.0 Å². The molecule has 134 valence electrons. The Labute approximate surface area is 142 Å². The van der Waals surface area contributed by atoms with Gasteiger partial charge in [0.15, 0.2) is 0 Å². The molecule has 0 aliphatic carbocycles. The molecule has 0 rings (SSSR count). The summed E-state index contributed by atoms with van der Waals surface area (Å²) < 4.78 is 0. The van der Waals surface area contributed by atoms with Gasteiger partial charge in [-0.1, -0.05) is 82.6 Å². The van der Waals surface area contributed by atoms with E-state index in [1.165, 1.54) is 32.1 Å². The number of allylic oxidation sites excluding steroid dienone is 3. The van der Waals surface area contributed by atoms with Crippen molar-refractivity contribution >= 4 is 5.97 Å². The summed E-state index contributed by atoms with van der Waals surface area (Å²) in [5.41, 5.74) is 0. The zero-order valence-corrected chi connectivity index (χ0v) is 14.9. The van der Waals surface area contributed by atoms with Crippen LogP contribution in [0.5, 0.6) is 0 Å². The molecule has 0 aliphatic rings. The van der Waals surface area contributed by atoms with Crippen molar-refractivity contribution in [3.05, 3.63) is 24.3 Å². The maximum atomic E-state index is 10.4. The highest BCUT2D eigenvalue weighted by Gasteiger charge is 1.99. The number of carbonyl (C=O) groups is 1. The van der Waals surface area contributed by atoms with Gasteiger partial charge in [-0.3, -0.25) is 4.79 Å². The lowest BCUT2D eigenvalue weighted by molar-refractivity contribution is -0.137. The topological polar surface area (TPSA) is 57.5 Å². The van der Waals surface area contributed by atoms with Gasteiger partial charge in [-0.05, 0) is 25.7 Å². The number of carboxylic acid groups (broad SMARTS) is 1. The summed E-state index contributed by atoms with van der Waals surface area (Å²) >= 11 is 0. The van der Waals surface area contributed by atoms with Crippen molar-refractivity contribution in [2.75, 3.05) is 0 Å². The Morgan fingerprint density at radius 1 is 0.913 bits per heavy atom. The van der Waals surface area contributed by atoms with Crippen LogP contribution in [0.25, 0.3) is 0 Å². The fraction of sp³-hybridized carbons (Fsp3) is 0.750. The minimum absolute atomic E-state index is 0.297. The van der Waals surface area contributed by atoms with Crippen molar-refractivity contribution in [1.82, 2.24) is 0 Å². The fourth-order valence-corrected chi connectivity index (χ4v) is 2.49. The van der Waals surface area contributed by atoms with Crippen molar-refractivity contribution in [2.24, 2.45) is 0 Å². The van der Waals surface area contributed by atoms with Crippen LogP contribution in [0.4, 0.5) is 0 Å². The van der Waals surface area contributed by atoms with Crippen LogP contribution in [0.3, 0.4) is 0 Å². The summed E-state index contributed by atoms with van der Waals surface area (Å²) in [5.74, 6) is -0.692. The quantitative estimate of drug-likeness (QED) is 0.285. The third-order valence-corrected chi connectivity index (χ3v) is 3.95. The molecule has 0 heterocycles. The van der Waals surface area contributed by atoms with Gasteiger partial charge in [-0.25, -0.2) is 0 Å². The highest BCUT2D eigenvalue weighted by atomic mass is 16.4. The van der Waals surface area contributed by atoms with Gasteiger partial charge in [0.2, 0.25) is 0 Å². The average Bonchev–Trinajstić information content (AvgIpc) is 2.52. The molecule has 0 radical (unpaired) electrons. The largest absolute Gasteiger partial charge is 0.481 e. The third kappa shape index (κ3) is 18.9. The first kappa shape index (κ1) is 21.9. The lowest BCUT2D eigenvalue weighted by Crippen LogP contribution is -2.01. The molecular formula is C20H36O3. The summed E-state index contributed by atoms with van der Waals surface area (Å²) in [6.07, 6.45) is 21.3. The van der Waals surface area contributed by atoms with E-state index in [2.05, 4.69) is 13.0 Å². The molecule has 0 unspecified atom stereocenters. The molecule has 0 aromatic heterocycles. The zero-order valence-electron chi connectivity index (χ0n) is 14.9. The molecule has 0 amide bonds. The van der Waals surface area contributed by atoms with Crippen LogP contribution in [-0.2, 0) is 4.79 Å². The van der Waals surface area contributed by atoms with E-state index in [0.29, 0.717) is 6.42 Å². The summed E-state index contributed by atoms with van der Waals surface area (Å²) in [5, 5.41) is 18.4. The summed E-state index contributed by atoms with van der Waals surface area (Å²) in [6.45, 7) is 2.21. The lowest BCUT2D eigenvalue weighted by atomic mass is 10.1. The summed E-state index contributed by atoms with van der Waals surface area (Å²) in [7, 11) is 0. The second-order valence-corrected chi connectivity index (χ2v) is 6.28. The van der Waals surface area contributed by atoms with E-state index in [-0.39, 0.29) is 6.10 Å². The molecule has 0 saturated heterocycles. The highest BCUT2D eigenvalue weighted by molar-refractivity contribution is 5.66. The molecule has 3 heteroatoms. The Balaban J connectivity index is 3.35. The predicted octanol–water partition coefficient (Wildman–Crippen LogP) is 5.64. The van der Waals surface area contributed by atoms with E-state index in [4.69, 9.17) is 5.11 Å². The van der Waals surface area contributed by atoms with Crippen LogP contribution in [-0.4, -0.2) is 22.3 Å². The van der Waals surface area contributed by atoms with Crippen LogP contribution in [0.2, 0.25) is 0 Å². The van der Waals surface area contributed by atoms with Crippen LogP contribution in [0.1, 0.15) is 90.4 Å². The maximum Gasteiger partial charge on any atom is 0.303 e. The minimum atomic E-state index is -0.692. The van der Waals surface area contributed by atoms with Gasteiger partial charge in [-0.15, -0.1) is 0 Å². The molecular weight excluding hydrogens is 288 g/mol. The Kier molecular flexibility index (Phi) is 16.4. The van der Waals surface area contributed by atoms with E-state index in [1.807, 2.05) is 18.2 Å². The summed E-state index contributed by atoms with van der Waals surface area (Å²) in [4.78, 5) is 10.4. The molecule has 0 bridgehead atoms. The monoisotopic (exact) mass is 324 g/mol. The number of carboxylic acids is 1. The second kappa shape index (κ2) is 17.3. The normalized spacial score (nSPS) is 13.1. The van der Waals surface area contributed by atoms with Crippen LogP contribution in [0.15, 0.2) is 24.3 Å². The molecule has 2 N–H and O–H groups in total. The Morgan fingerprint density at radius 3 is 2.22 bits per heavy atom. The highest BCUT2D eigenvalue weighted by Crippen LogP contribution is 2.11. The van der Waals surface area contributed by atoms with Crippen molar-refractivity contribution in [2.45, 2.75) is 96.5 Å².